The number of non-ortho nitro benzene ring substituents is 1. The topological polar surface area (TPSA) is 103 Å². The lowest BCUT2D eigenvalue weighted by atomic mass is 10.00. The lowest BCUT2D eigenvalue weighted by Gasteiger charge is -2.08. The van der Waals surface area contributed by atoms with E-state index < -0.39 is 14.8 Å². The number of aromatic nitrogens is 2. The summed E-state index contributed by atoms with van der Waals surface area (Å²) < 4.78 is 26.0. The molecule has 33 heavy (non-hydrogen) atoms. The molecule has 0 fully saturated rings. The summed E-state index contributed by atoms with van der Waals surface area (Å²) in [4.78, 5) is 19.4. The minimum atomic E-state index is -3.95. The molecular weight excluding hydrogens is 458 g/mol. The highest BCUT2D eigenvalue weighted by atomic mass is 32.2. The highest BCUT2D eigenvalue weighted by Gasteiger charge is 2.24. The van der Waals surface area contributed by atoms with Crippen molar-refractivity contribution in [2.24, 2.45) is 0 Å². The average Bonchev–Trinajstić information content (AvgIpc) is 3.29. The molecule has 170 valence electrons. The third kappa shape index (κ3) is 5.50. The van der Waals surface area contributed by atoms with Crippen LogP contribution in [0.5, 0.6) is 0 Å². The summed E-state index contributed by atoms with van der Waals surface area (Å²) in [5, 5.41) is 11.1. The van der Waals surface area contributed by atoms with Crippen LogP contribution in [0.15, 0.2) is 84.2 Å². The molecule has 0 aliphatic rings. The molecule has 0 amide bonds. The van der Waals surface area contributed by atoms with Crippen molar-refractivity contribution in [3.05, 3.63) is 100.0 Å². The van der Waals surface area contributed by atoms with Gasteiger partial charge >= 0.3 is 0 Å². The van der Waals surface area contributed by atoms with Crippen molar-refractivity contribution < 1.29 is 13.3 Å². The normalized spacial score (nSPS) is 12.2. The van der Waals surface area contributed by atoms with Crippen molar-refractivity contribution in [1.29, 1.82) is 0 Å². The number of sulfone groups is 1. The Labute approximate surface area is 196 Å². The SMILES string of the molecule is C=C(c1ncc(-c2cnccc2CC(/C=C\C)=C/CC)s1)S(=O)(=O)c1ccc([N+](=O)[O-])cc1. The van der Waals surface area contributed by atoms with E-state index in [4.69, 9.17) is 0 Å². The number of allylic oxidation sites excluding steroid dienone is 4. The van der Waals surface area contributed by atoms with Gasteiger partial charge in [-0.2, -0.15) is 0 Å². The van der Waals surface area contributed by atoms with Crippen molar-refractivity contribution in [2.75, 3.05) is 0 Å². The summed E-state index contributed by atoms with van der Waals surface area (Å²) in [6.07, 6.45) is 13.0. The molecule has 0 atom stereocenters. The maximum absolute atomic E-state index is 13.0. The molecule has 7 nitrogen and oxygen atoms in total. The smallest absolute Gasteiger partial charge is 0.264 e. The summed E-state index contributed by atoms with van der Waals surface area (Å²) in [5.74, 6) is 0. The summed E-state index contributed by atoms with van der Waals surface area (Å²) in [6.45, 7) is 7.81. The first kappa shape index (κ1) is 24.2. The Balaban J connectivity index is 1.92. The lowest BCUT2D eigenvalue weighted by Crippen LogP contribution is -2.03. The lowest BCUT2D eigenvalue weighted by molar-refractivity contribution is -0.384. The molecule has 0 bridgehead atoms. The molecular formula is C24H23N3O4S2. The first-order chi connectivity index (χ1) is 15.8. The minimum absolute atomic E-state index is 0.0717. The average molecular weight is 482 g/mol. The molecule has 0 radical (unpaired) electrons. The zero-order valence-electron chi connectivity index (χ0n) is 18.3. The van der Waals surface area contributed by atoms with E-state index >= 15 is 0 Å². The monoisotopic (exact) mass is 481 g/mol. The van der Waals surface area contributed by atoms with Crippen molar-refractivity contribution in [2.45, 2.75) is 31.6 Å². The number of thiazole rings is 1. The molecule has 3 aromatic rings. The summed E-state index contributed by atoms with van der Waals surface area (Å²) in [5.41, 5.74) is 2.94. The Morgan fingerprint density at radius 3 is 2.58 bits per heavy atom. The minimum Gasteiger partial charge on any atom is -0.264 e. The highest BCUT2D eigenvalue weighted by molar-refractivity contribution is 8.00. The summed E-state index contributed by atoms with van der Waals surface area (Å²) in [7, 11) is -3.95. The molecule has 0 saturated carbocycles. The van der Waals surface area contributed by atoms with Crippen LogP contribution in [0.3, 0.4) is 0 Å². The van der Waals surface area contributed by atoms with E-state index in [2.05, 4.69) is 35.6 Å². The van der Waals surface area contributed by atoms with Crippen LogP contribution in [0.4, 0.5) is 5.69 Å². The van der Waals surface area contributed by atoms with Crippen LogP contribution in [0, 0.1) is 10.1 Å². The van der Waals surface area contributed by atoms with E-state index in [0.29, 0.717) is 6.42 Å². The van der Waals surface area contributed by atoms with Gasteiger partial charge in [-0.15, -0.1) is 11.3 Å². The van der Waals surface area contributed by atoms with Gasteiger partial charge in [0.1, 0.15) is 9.91 Å². The Morgan fingerprint density at radius 1 is 1.21 bits per heavy atom. The zero-order valence-corrected chi connectivity index (χ0v) is 19.9. The maximum atomic E-state index is 13.0. The second kappa shape index (κ2) is 10.5. The summed E-state index contributed by atoms with van der Waals surface area (Å²) >= 11 is 1.22. The second-order valence-electron chi connectivity index (χ2n) is 7.10. The third-order valence-corrected chi connectivity index (χ3v) is 7.80. The van der Waals surface area contributed by atoms with E-state index in [-0.39, 0.29) is 20.5 Å². The van der Waals surface area contributed by atoms with Gasteiger partial charge in [0, 0.05) is 36.3 Å². The molecule has 0 saturated heterocycles. The fourth-order valence-electron chi connectivity index (χ4n) is 3.23. The van der Waals surface area contributed by atoms with Crippen LogP contribution < -0.4 is 0 Å². The van der Waals surface area contributed by atoms with Crippen LogP contribution in [-0.2, 0) is 16.3 Å². The molecule has 2 heterocycles. The van der Waals surface area contributed by atoms with E-state index in [1.807, 2.05) is 19.1 Å². The Hall–Kier alpha value is -3.43. The quantitative estimate of drug-likeness (QED) is 0.210. The fourth-order valence-corrected chi connectivity index (χ4v) is 5.57. The van der Waals surface area contributed by atoms with Crippen molar-refractivity contribution in [1.82, 2.24) is 9.97 Å². The first-order valence-corrected chi connectivity index (χ1v) is 12.5. The number of hydrogen-bond donors (Lipinski definition) is 0. The Morgan fingerprint density at radius 2 is 1.94 bits per heavy atom. The number of nitro groups is 1. The Kier molecular flexibility index (Phi) is 7.67. The van der Waals surface area contributed by atoms with Gasteiger partial charge in [-0.05, 0) is 49.1 Å². The van der Waals surface area contributed by atoms with Gasteiger partial charge in [-0.1, -0.05) is 31.7 Å². The maximum Gasteiger partial charge on any atom is 0.269 e. The van der Waals surface area contributed by atoms with Crippen LogP contribution in [-0.4, -0.2) is 23.3 Å². The van der Waals surface area contributed by atoms with Crippen molar-refractivity contribution >= 4 is 31.8 Å². The van der Waals surface area contributed by atoms with Gasteiger partial charge in [0.2, 0.25) is 9.84 Å². The van der Waals surface area contributed by atoms with E-state index in [1.165, 1.54) is 29.0 Å². The van der Waals surface area contributed by atoms with E-state index in [0.717, 1.165) is 34.6 Å². The molecule has 1 aromatic carbocycles. The predicted molar refractivity (Wildman–Crippen MR) is 132 cm³/mol. The molecule has 0 spiro atoms. The Bertz CT molecular complexity index is 1340. The highest BCUT2D eigenvalue weighted by Crippen LogP contribution is 2.35. The number of nitro benzene ring substituents is 1. The first-order valence-electron chi connectivity index (χ1n) is 10.2. The largest absolute Gasteiger partial charge is 0.269 e. The van der Waals surface area contributed by atoms with Crippen LogP contribution in [0.25, 0.3) is 15.3 Å². The van der Waals surface area contributed by atoms with Gasteiger partial charge in [0.15, 0.2) is 0 Å². The molecule has 3 rings (SSSR count). The van der Waals surface area contributed by atoms with E-state index in [1.54, 1.807) is 18.6 Å². The van der Waals surface area contributed by atoms with Crippen LogP contribution >= 0.6 is 11.3 Å². The van der Waals surface area contributed by atoms with E-state index in [9.17, 15) is 18.5 Å². The number of benzene rings is 1. The predicted octanol–water partition coefficient (Wildman–Crippen LogP) is 6.01. The van der Waals surface area contributed by atoms with Gasteiger partial charge < -0.3 is 0 Å². The molecule has 0 N–H and O–H groups in total. The van der Waals surface area contributed by atoms with Gasteiger partial charge in [-0.25, -0.2) is 13.4 Å². The molecule has 0 unspecified atom stereocenters. The van der Waals surface area contributed by atoms with Crippen LogP contribution in [0.1, 0.15) is 30.8 Å². The number of nitrogens with zero attached hydrogens (tertiary/aromatic N) is 3. The van der Waals surface area contributed by atoms with Crippen molar-refractivity contribution in [3.63, 3.8) is 0 Å². The van der Waals surface area contributed by atoms with Gasteiger partial charge in [-0.3, -0.25) is 15.1 Å². The molecule has 0 aliphatic carbocycles. The molecule has 0 aliphatic heterocycles. The number of rotatable bonds is 9. The van der Waals surface area contributed by atoms with Crippen molar-refractivity contribution in [3.8, 4) is 10.4 Å². The standard InChI is InChI=1S/C24H23N3O4S2/c1-4-6-18(7-5-2)14-19-12-13-25-15-22(19)23-16-26-24(32-23)17(3)33(30,31)21-10-8-20(9-11-21)27(28)29/h4,6-13,15-16H,3,5,14H2,1-2H3/b6-4-,18-7+. The second-order valence-corrected chi connectivity index (χ2v) is 10.1. The fraction of sp³-hybridized carbons (Fsp3) is 0.167. The number of pyridine rings is 1. The zero-order chi connectivity index (χ0) is 24.0. The summed E-state index contributed by atoms with van der Waals surface area (Å²) in [6, 6.07) is 6.66. The molecule has 2 aromatic heterocycles. The van der Waals surface area contributed by atoms with Gasteiger partial charge in [0.25, 0.3) is 5.69 Å². The van der Waals surface area contributed by atoms with Crippen LogP contribution in [0.2, 0.25) is 0 Å². The third-order valence-electron chi connectivity index (χ3n) is 4.84. The molecule has 9 heteroatoms. The van der Waals surface area contributed by atoms with Gasteiger partial charge in [0.05, 0.1) is 14.7 Å². The number of hydrogen-bond acceptors (Lipinski definition) is 7.